The van der Waals surface area contributed by atoms with Gasteiger partial charge in [0.2, 0.25) is 5.91 Å². The quantitative estimate of drug-likeness (QED) is 0.513. The molecule has 4 rings (SSSR count). The molecule has 0 radical (unpaired) electrons. The van der Waals surface area contributed by atoms with Gasteiger partial charge in [0.25, 0.3) is 0 Å². The van der Waals surface area contributed by atoms with Gasteiger partial charge in [0.1, 0.15) is 0 Å². The van der Waals surface area contributed by atoms with E-state index in [2.05, 4.69) is 26.2 Å². The molecular weight excluding hydrogens is 398 g/mol. The lowest BCUT2D eigenvalue weighted by atomic mass is 10.1. The van der Waals surface area contributed by atoms with Gasteiger partial charge in [-0.05, 0) is 29.8 Å². The van der Waals surface area contributed by atoms with Crippen LogP contribution in [-0.2, 0) is 11.2 Å². The number of carbonyl (C=O) groups is 1. The molecule has 0 bridgehead atoms. The van der Waals surface area contributed by atoms with Crippen LogP contribution in [0.15, 0.2) is 70.8 Å². The molecule has 2 aromatic carbocycles. The molecule has 0 atom stereocenters. The van der Waals surface area contributed by atoms with Crippen molar-refractivity contribution in [2.45, 2.75) is 6.42 Å². The third-order valence-corrected chi connectivity index (χ3v) is 5.14. The van der Waals surface area contributed by atoms with Gasteiger partial charge in [0.15, 0.2) is 4.96 Å². The number of aromatic nitrogens is 2. The molecule has 6 heteroatoms. The van der Waals surface area contributed by atoms with Crippen molar-refractivity contribution in [2.24, 2.45) is 0 Å². The Labute approximate surface area is 157 Å². The number of hydrogen-bond acceptors (Lipinski definition) is 3. The molecular formula is C19H14BrN3OS. The van der Waals surface area contributed by atoms with Crippen LogP contribution >= 0.6 is 27.3 Å². The smallest absolute Gasteiger partial charge is 0.228 e. The van der Waals surface area contributed by atoms with Crippen molar-refractivity contribution in [2.75, 3.05) is 5.32 Å². The maximum Gasteiger partial charge on any atom is 0.228 e. The monoisotopic (exact) mass is 411 g/mol. The zero-order valence-corrected chi connectivity index (χ0v) is 15.5. The van der Waals surface area contributed by atoms with Crippen LogP contribution in [0.25, 0.3) is 16.2 Å². The predicted molar refractivity (Wildman–Crippen MR) is 105 cm³/mol. The summed E-state index contributed by atoms with van der Waals surface area (Å²) in [6.45, 7) is 0. The molecule has 1 amide bonds. The summed E-state index contributed by atoms with van der Waals surface area (Å²) in [7, 11) is 0. The minimum absolute atomic E-state index is 0.0300. The highest BCUT2D eigenvalue weighted by Crippen LogP contribution is 2.23. The number of halogens is 1. The van der Waals surface area contributed by atoms with Crippen molar-refractivity contribution in [1.29, 1.82) is 0 Å². The van der Waals surface area contributed by atoms with E-state index >= 15 is 0 Å². The van der Waals surface area contributed by atoms with E-state index in [9.17, 15) is 4.79 Å². The van der Waals surface area contributed by atoms with Crippen LogP contribution in [0.3, 0.4) is 0 Å². The summed E-state index contributed by atoms with van der Waals surface area (Å²) in [4.78, 5) is 17.7. The SMILES string of the molecule is O=C(Cc1ccc(Br)cc1)Nc1ccc(-c2cn3ccsc3n2)cc1. The van der Waals surface area contributed by atoms with E-state index in [1.54, 1.807) is 11.3 Å². The minimum atomic E-state index is -0.0300. The molecule has 0 aliphatic heterocycles. The summed E-state index contributed by atoms with van der Waals surface area (Å²) in [5, 5.41) is 4.94. The van der Waals surface area contributed by atoms with Crippen molar-refractivity contribution >= 4 is 43.8 Å². The lowest BCUT2D eigenvalue weighted by molar-refractivity contribution is -0.115. The second kappa shape index (κ2) is 6.82. The van der Waals surface area contributed by atoms with Gasteiger partial charge in [-0.2, -0.15) is 0 Å². The summed E-state index contributed by atoms with van der Waals surface area (Å²) < 4.78 is 3.01. The van der Waals surface area contributed by atoms with Crippen LogP contribution in [0.4, 0.5) is 5.69 Å². The number of amides is 1. The van der Waals surface area contributed by atoms with Crippen LogP contribution < -0.4 is 5.32 Å². The summed E-state index contributed by atoms with van der Waals surface area (Å²) in [5.41, 5.74) is 3.73. The standard InChI is InChI=1S/C19H14BrN3OS/c20-15-5-1-13(2-6-15)11-18(24)21-16-7-3-14(4-8-16)17-12-23-9-10-25-19(23)22-17/h1-10,12H,11H2,(H,21,24). The van der Waals surface area contributed by atoms with Gasteiger partial charge in [-0.1, -0.05) is 40.2 Å². The van der Waals surface area contributed by atoms with Crippen molar-refractivity contribution in [3.8, 4) is 11.3 Å². The largest absolute Gasteiger partial charge is 0.326 e. The molecule has 0 aliphatic carbocycles. The van der Waals surface area contributed by atoms with Crippen molar-refractivity contribution in [3.05, 3.63) is 76.3 Å². The first kappa shape index (κ1) is 16.1. The van der Waals surface area contributed by atoms with Crippen molar-refractivity contribution in [1.82, 2.24) is 9.38 Å². The minimum Gasteiger partial charge on any atom is -0.326 e. The molecule has 0 fully saturated rings. The molecule has 4 nitrogen and oxygen atoms in total. The third kappa shape index (κ3) is 3.65. The average Bonchev–Trinajstić information content (AvgIpc) is 3.19. The fraction of sp³-hybridized carbons (Fsp3) is 0.0526. The molecule has 0 aliphatic rings. The number of imidazole rings is 1. The van der Waals surface area contributed by atoms with E-state index in [4.69, 9.17) is 0 Å². The normalized spacial score (nSPS) is 10.9. The number of benzene rings is 2. The number of rotatable bonds is 4. The van der Waals surface area contributed by atoms with Crippen molar-refractivity contribution < 1.29 is 4.79 Å². The van der Waals surface area contributed by atoms with E-state index < -0.39 is 0 Å². The van der Waals surface area contributed by atoms with Crippen molar-refractivity contribution in [3.63, 3.8) is 0 Å². The number of anilines is 1. The fourth-order valence-corrected chi connectivity index (χ4v) is 3.55. The fourth-order valence-electron chi connectivity index (χ4n) is 2.58. The van der Waals surface area contributed by atoms with Crippen LogP contribution in [0.5, 0.6) is 0 Å². The molecule has 0 unspecified atom stereocenters. The zero-order chi connectivity index (χ0) is 17.2. The molecule has 0 saturated carbocycles. The Balaban J connectivity index is 1.43. The topological polar surface area (TPSA) is 46.4 Å². The third-order valence-electron chi connectivity index (χ3n) is 3.84. The molecule has 2 aromatic heterocycles. The predicted octanol–water partition coefficient (Wildman–Crippen LogP) is 5.01. The van der Waals surface area contributed by atoms with Gasteiger partial charge >= 0.3 is 0 Å². The highest BCUT2D eigenvalue weighted by atomic mass is 79.9. The Morgan fingerprint density at radius 1 is 1.12 bits per heavy atom. The van der Waals surface area contributed by atoms with E-state index in [0.29, 0.717) is 6.42 Å². The molecule has 4 aromatic rings. The first-order valence-corrected chi connectivity index (χ1v) is 9.41. The van der Waals surface area contributed by atoms with Gasteiger partial charge < -0.3 is 5.32 Å². The second-order valence-corrected chi connectivity index (χ2v) is 7.44. The lowest BCUT2D eigenvalue weighted by Crippen LogP contribution is -2.14. The Morgan fingerprint density at radius 2 is 1.88 bits per heavy atom. The molecule has 0 spiro atoms. The maximum absolute atomic E-state index is 12.2. The van der Waals surface area contributed by atoms with E-state index in [1.165, 1.54) is 0 Å². The summed E-state index contributed by atoms with van der Waals surface area (Å²) >= 11 is 5.00. The number of nitrogens with zero attached hydrogens (tertiary/aromatic N) is 2. The van der Waals surface area contributed by atoms with Gasteiger partial charge in [-0.25, -0.2) is 4.98 Å². The molecule has 1 N–H and O–H groups in total. The first-order chi connectivity index (χ1) is 12.2. The highest BCUT2D eigenvalue weighted by Gasteiger charge is 2.07. The van der Waals surface area contributed by atoms with E-state index in [-0.39, 0.29) is 5.91 Å². The summed E-state index contributed by atoms with van der Waals surface area (Å²) in [6.07, 6.45) is 4.35. The summed E-state index contributed by atoms with van der Waals surface area (Å²) in [6, 6.07) is 15.5. The number of fused-ring (bicyclic) bond motifs is 1. The first-order valence-electron chi connectivity index (χ1n) is 7.74. The van der Waals surface area contributed by atoms with E-state index in [1.807, 2.05) is 70.7 Å². The highest BCUT2D eigenvalue weighted by molar-refractivity contribution is 9.10. The number of thiazole rings is 1. The number of nitrogens with one attached hydrogen (secondary N) is 1. The van der Waals surface area contributed by atoms with Gasteiger partial charge in [0.05, 0.1) is 12.1 Å². The maximum atomic E-state index is 12.2. The lowest BCUT2D eigenvalue weighted by Gasteiger charge is -2.06. The van der Waals surface area contributed by atoms with E-state index in [0.717, 1.165) is 31.9 Å². The molecule has 25 heavy (non-hydrogen) atoms. The Kier molecular flexibility index (Phi) is 4.38. The Hall–Kier alpha value is -2.44. The molecule has 0 saturated heterocycles. The Bertz CT molecular complexity index is 990. The number of carbonyl (C=O) groups excluding carboxylic acids is 1. The van der Waals surface area contributed by atoms with Gasteiger partial charge in [-0.15, -0.1) is 11.3 Å². The molecule has 124 valence electrons. The van der Waals surface area contributed by atoms with Gasteiger partial charge in [0, 0.05) is 33.5 Å². The summed E-state index contributed by atoms with van der Waals surface area (Å²) in [5.74, 6) is -0.0300. The molecule has 2 heterocycles. The van der Waals surface area contributed by atoms with Crippen LogP contribution in [0, 0.1) is 0 Å². The van der Waals surface area contributed by atoms with Crippen LogP contribution in [-0.4, -0.2) is 15.3 Å². The van der Waals surface area contributed by atoms with Gasteiger partial charge in [-0.3, -0.25) is 9.20 Å². The van der Waals surface area contributed by atoms with Crippen LogP contribution in [0.1, 0.15) is 5.56 Å². The zero-order valence-electron chi connectivity index (χ0n) is 13.1. The Morgan fingerprint density at radius 3 is 2.60 bits per heavy atom. The average molecular weight is 412 g/mol. The second-order valence-electron chi connectivity index (χ2n) is 5.65. The number of hydrogen-bond donors (Lipinski definition) is 1. The van der Waals surface area contributed by atoms with Crippen LogP contribution in [0.2, 0.25) is 0 Å².